The van der Waals surface area contributed by atoms with Crippen LogP contribution >= 0.6 is 0 Å². The van der Waals surface area contributed by atoms with Crippen molar-refractivity contribution in [1.82, 2.24) is 6.15 Å². The van der Waals surface area contributed by atoms with Crippen LogP contribution in [0.3, 0.4) is 0 Å². The van der Waals surface area contributed by atoms with Crippen LogP contribution in [-0.2, 0) is 9.59 Å². The molecular formula is C8H13GeNO8-6. The maximum absolute atomic E-state index is 9.97. The number of aliphatic carboxylic acids is 2. The van der Waals surface area contributed by atoms with Gasteiger partial charge in [0.15, 0.2) is 0 Å². The van der Waals surface area contributed by atoms with Crippen LogP contribution in [0.4, 0.5) is 0 Å². The number of carbonyl (C=O) groups is 2. The SMILES string of the molecule is N.O=C([O-])CC([O-])C[O-].O=C([O-])CC([O-])C[O-].[Ge]. The van der Waals surface area contributed by atoms with Crippen LogP contribution in [0.5, 0.6) is 0 Å². The van der Waals surface area contributed by atoms with Crippen LogP contribution < -0.4 is 36.8 Å². The molecule has 0 spiro atoms. The Bertz CT molecular complexity index is 193. The third-order valence-corrected chi connectivity index (χ3v) is 1.16. The van der Waals surface area contributed by atoms with E-state index < -0.39 is 50.2 Å². The molecule has 0 aromatic heterocycles. The van der Waals surface area contributed by atoms with E-state index in [0.29, 0.717) is 0 Å². The summed E-state index contributed by atoms with van der Waals surface area (Å²) in [5.41, 5.74) is 0. The number of hydrogen-bond acceptors (Lipinski definition) is 9. The van der Waals surface area contributed by atoms with Gasteiger partial charge < -0.3 is 46.4 Å². The van der Waals surface area contributed by atoms with E-state index in [1.165, 1.54) is 0 Å². The average Bonchev–Trinajstić information content (AvgIpc) is 2.16. The second-order valence-electron chi connectivity index (χ2n) is 2.73. The molecule has 0 aliphatic carbocycles. The van der Waals surface area contributed by atoms with Crippen molar-refractivity contribution in [2.45, 2.75) is 25.0 Å². The Morgan fingerprint density at radius 3 is 1.11 bits per heavy atom. The molecule has 18 heavy (non-hydrogen) atoms. The number of carboxylic acids is 2. The first kappa shape index (κ1) is 26.0. The molecule has 2 unspecified atom stereocenters. The molecule has 0 bridgehead atoms. The molecule has 0 heterocycles. The first-order valence-electron chi connectivity index (χ1n) is 4.21. The summed E-state index contributed by atoms with van der Waals surface area (Å²) in [4.78, 5) is 19.0. The summed E-state index contributed by atoms with van der Waals surface area (Å²) < 4.78 is 0. The Labute approximate surface area is 115 Å². The fourth-order valence-corrected chi connectivity index (χ4v) is 0.490. The van der Waals surface area contributed by atoms with Crippen molar-refractivity contribution in [3.8, 4) is 0 Å². The van der Waals surface area contributed by atoms with Gasteiger partial charge in [0.2, 0.25) is 0 Å². The van der Waals surface area contributed by atoms with Crippen molar-refractivity contribution in [2.75, 3.05) is 13.2 Å². The Kier molecular flexibility index (Phi) is 23.5. The van der Waals surface area contributed by atoms with Gasteiger partial charge in [0.05, 0.1) is 0 Å². The monoisotopic (exact) mass is 325 g/mol. The molecule has 9 nitrogen and oxygen atoms in total. The topological polar surface area (TPSA) is 208 Å². The van der Waals surface area contributed by atoms with Crippen molar-refractivity contribution >= 4 is 29.5 Å². The molecule has 0 aliphatic rings. The maximum atomic E-state index is 9.97. The zero-order chi connectivity index (χ0) is 13.1. The quantitative estimate of drug-likeness (QED) is 0.459. The third-order valence-electron chi connectivity index (χ3n) is 1.16. The molecular weight excluding hydrogens is 311 g/mol. The molecule has 0 saturated carbocycles. The summed E-state index contributed by atoms with van der Waals surface area (Å²) >= 11 is 0. The van der Waals surface area contributed by atoms with Crippen LogP contribution in [0.15, 0.2) is 0 Å². The number of rotatable bonds is 6. The minimum Gasteiger partial charge on any atom is -0.855 e. The van der Waals surface area contributed by atoms with Crippen molar-refractivity contribution in [3.63, 3.8) is 0 Å². The van der Waals surface area contributed by atoms with E-state index in [-0.39, 0.29) is 23.7 Å². The molecule has 0 fully saturated rings. The Morgan fingerprint density at radius 2 is 1.06 bits per heavy atom. The molecule has 3 N–H and O–H groups in total. The summed E-state index contributed by atoms with van der Waals surface area (Å²) in [5, 5.41) is 58.1. The third kappa shape index (κ3) is 24.5. The van der Waals surface area contributed by atoms with Crippen molar-refractivity contribution in [1.29, 1.82) is 0 Å². The van der Waals surface area contributed by atoms with Gasteiger partial charge in [-0.1, -0.05) is 0 Å². The first-order valence-corrected chi connectivity index (χ1v) is 4.21. The number of carbonyl (C=O) groups excluding carboxylic acids is 2. The van der Waals surface area contributed by atoms with Gasteiger partial charge in [-0.25, -0.2) is 0 Å². The fourth-order valence-electron chi connectivity index (χ4n) is 0.490. The largest absolute Gasteiger partial charge is 0.855 e. The van der Waals surface area contributed by atoms with Crippen LogP contribution in [0, 0.1) is 0 Å². The minimum atomic E-state index is -1.54. The van der Waals surface area contributed by atoms with Gasteiger partial charge in [0.25, 0.3) is 0 Å². The second kappa shape index (κ2) is 16.3. The Morgan fingerprint density at radius 1 is 0.833 bits per heavy atom. The summed E-state index contributed by atoms with van der Waals surface area (Å²) in [6.45, 7) is -1.79. The van der Waals surface area contributed by atoms with Crippen LogP contribution in [-0.4, -0.2) is 55.0 Å². The van der Waals surface area contributed by atoms with Gasteiger partial charge in [-0.2, -0.15) is 13.2 Å². The van der Waals surface area contributed by atoms with Crippen molar-refractivity contribution in [3.05, 3.63) is 0 Å². The molecule has 0 saturated heterocycles. The van der Waals surface area contributed by atoms with E-state index in [2.05, 4.69) is 0 Å². The van der Waals surface area contributed by atoms with Crippen LogP contribution in [0.1, 0.15) is 12.8 Å². The predicted octanol–water partition coefficient (Wildman–Crippen LogP) is -7.79. The second-order valence-corrected chi connectivity index (χ2v) is 2.73. The molecule has 0 aromatic carbocycles. The van der Waals surface area contributed by atoms with Gasteiger partial charge in [0.1, 0.15) is 0 Å². The summed E-state index contributed by atoms with van der Waals surface area (Å²) in [7, 11) is 0. The van der Waals surface area contributed by atoms with Gasteiger partial charge in [-0.05, 0) is 12.8 Å². The maximum Gasteiger partial charge on any atom is 0.0403 e. The zero-order valence-electron chi connectivity index (χ0n) is 9.46. The van der Waals surface area contributed by atoms with Gasteiger partial charge in [-0.15, -0.1) is 12.2 Å². The molecule has 4 radical (unpaired) electrons. The fraction of sp³-hybridized carbons (Fsp3) is 0.750. The molecule has 0 rings (SSSR count). The molecule has 0 amide bonds. The molecule has 0 aromatic rings. The van der Waals surface area contributed by atoms with Crippen molar-refractivity contribution in [2.24, 2.45) is 0 Å². The number of hydrogen-bond donors (Lipinski definition) is 1. The first-order chi connectivity index (χ1) is 7.33. The zero-order valence-corrected chi connectivity index (χ0v) is 11.6. The van der Waals surface area contributed by atoms with Crippen LogP contribution in [0.25, 0.3) is 0 Å². The van der Waals surface area contributed by atoms with Gasteiger partial charge >= 0.3 is 0 Å². The van der Waals surface area contributed by atoms with E-state index in [9.17, 15) is 40.2 Å². The van der Waals surface area contributed by atoms with Crippen LogP contribution in [0.2, 0.25) is 0 Å². The Hall–Kier alpha value is -0.717. The standard InChI is InChI=1S/2C4H6O4.Ge.H3N/c2*5-2-3(6)1-4(7)8;;/h2*3H,1-2H2,(H,7,8);;1H3/q2*-2;;/p-2. The van der Waals surface area contributed by atoms with E-state index in [1.807, 2.05) is 0 Å². The average molecular weight is 324 g/mol. The molecule has 10 heteroatoms. The summed E-state index contributed by atoms with van der Waals surface area (Å²) in [5.74, 6) is -2.92. The molecule has 0 aliphatic heterocycles. The molecule has 2 atom stereocenters. The van der Waals surface area contributed by atoms with Gasteiger partial charge in [-0.3, -0.25) is 0 Å². The normalized spacial score (nSPS) is 11.8. The van der Waals surface area contributed by atoms with Gasteiger partial charge in [0, 0.05) is 29.5 Å². The van der Waals surface area contributed by atoms with E-state index in [1.54, 1.807) is 0 Å². The van der Waals surface area contributed by atoms with E-state index in [4.69, 9.17) is 0 Å². The van der Waals surface area contributed by atoms with E-state index >= 15 is 0 Å². The number of carboxylic acid groups (broad SMARTS) is 2. The summed E-state index contributed by atoms with van der Waals surface area (Å²) in [6.07, 6.45) is -4.44. The van der Waals surface area contributed by atoms with E-state index in [0.717, 1.165) is 0 Å². The smallest absolute Gasteiger partial charge is 0.0403 e. The minimum absolute atomic E-state index is 0. The Balaban J connectivity index is -0.0000000980. The van der Waals surface area contributed by atoms with Crippen molar-refractivity contribution < 1.29 is 40.2 Å². The summed E-state index contributed by atoms with van der Waals surface area (Å²) in [6, 6.07) is 0. The molecule has 108 valence electrons. The predicted molar refractivity (Wildman–Crippen MR) is 47.3 cm³/mol.